The van der Waals surface area contributed by atoms with E-state index in [1.54, 1.807) is 6.07 Å². The van der Waals surface area contributed by atoms with Gasteiger partial charge in [-0.1, -0.05) is 29.5 Å². The number of hydrogen-bond donors (Lipinski definition) is 0. The topological polar surface area (TPSA) is 69.4 Å². The van der Waals surface area contributed by atoms with Crippen LogP contribution in [0.25, 0.3) is 0 Å². The second-order valence-corrected chi connectivity index (χ2v) is 5.91. The highest BCUT2D eigenvalue weighted by Crippen LogP contribution is 2.33. The Morgan fingerprint density at radius 2 is 1.91 bits per heavy atom. The van der Waals surface area contributed by atoms with Gasteiger partial charge in [0, 0.05) is 15.9 Å². The van der Waals surface area contributed by atoms with E-state index in [0.29, 0.717) is 0 Å². The van der Waals surface area contributed by atoms with Crippen molar-refractivity contribution >= 4 is 23.4 Å². The zero-order chi connectivity index (χ0) is 16.3. The van der Waals surface area contributed by atoms with Gasteiger partial charge in [-0.3, -0.25) is 10.1 Å². The molecule has 0 aliphatic carbocycles. The molecule has 0 saturated heterocycles. The van der Waals surface area contributed by atoms with Gasteiger partial charge >= 0.3 is 5.97 Å². The van der Waals surface area contributed by atoms with E-state index in [2.05, 4.69) is 10.8 Å². The quantitative estimate of drug-likeness (QED) is 0.481. The Labute approximate surface area is 132 Å². The molecule has 0 bridgehead atoms. The molecule has 0 atom stereocenters. The summed E-state index contributed by atoms with van der Waals surface area (Å²) in [6.07, 6.45) is 0. The lowest BCUT2D eigenvalue weighted by molar-refractivity contribution is -0.385. The summed E-state index contributed by atoms with van der Waals surface area (Å²) in [5.41, 5.74) is 1.99. The number of benzene rings is 2. The van der Waals surface area contributed by atoms with Crippen molar-refractivity contribution in [2.24, 2.45) is 0 Å². The Hall–Kier alpha value is -2.34. The molecular formula is C16H15NO4S. The number of hydrogen-bond acceptors (Lipinski definition) is 5. The average molecular weight is 317 g/mol. The molecule has 6 heteroatoms. The fourth-order valence-corrected chi connectivity index (χ4v) is 2.97. The minimum Gasteiger partial charge on any atom is -0.465 e. The van der Waals surface area contributed by atoms with Crippen LogP contribution in [-0.2, 0) is 4.74 Å². The van der Waals surface area contributed by atoms with Gasteiger partial charge in [-0.15, -0.1) is 0 Å². The van der Waals surface area contributed by atoms with E-state index in [0.717, 1.165) is 15.4 Å². The van der Waals surface area contributed by atoms with E-state index >= 15 is 0 Å². The molecule has 0 aliphatic heterocycles. The smallest absolute Gasteiger partial charge is 0.344 e. The summed E-state index contributed by atoms with van der Waals surface area (Å²) in [5, 5.41) is 11.0. The lowest BCUT2D eigenvalue weighted by atomic mass is 10.2. The van der Waals surface area contributed by atoms with Crippen molar-refractivity contribution < 1.29 is 14.5 Å². The number of carbonyl (C=O) groups excluding carboxylic acids is 1. The van der Waals surface area contributed by atoms with Crippen LogP contribution in [0.3, 0.4) is 0 Å². The van der Waals surface area contributed by atoms with Crippen LogP contribution in [0.4, 0.5) is 5.69 Å². The molecule has 0 aliphatic rings. The molecule has 2 aromatic carbocycles. The maximum Gasteiger partial charge on any atom is 0.344 e. The van der Waals surface area contributed by atoms with Crippen molar-refractivity contribution in [3.8, 4) is 0 Å². The largest absolute Gasteiger partial charge is 0.465 e. The van der Waals surface area contributed by atoms with Crippen LogP contribution in [-0.4, -0.2) is 18.0 Å². The molecule has 0 aromatic heterocycles. The van der Waals surface area contributed by atoms with E-state index in [1.165, 1.54) is 36.6 Å². The van der Waals surface area contributed by atoms with Crippen LogP contribution >= 0.6 is 11.8 Å². The first kappa shape index (κ1) is 16.0. The molecule has 0 unspecified atom stereocenters. The van der Waals surface area contributed by atoms with Crippen molar-refractivity contribution in [2.75, 3.05) is 7.11 Å². The maximum absolute atomic E-state index is 11.7. The zero-order valence-electron chi connectivity index (χ0n) is 12.5. The number of nitrogens with zero attached hydrogens (tertiary/aromatic N) is 1. The van der Waals surface area contributed by atoms with Gasteiger partial charge < -0.3 is 4.74 Å². The average Bonchev–Trinajstić information content (AvgIpc) is 2.49. The van der Waals surface area contributed by atoms with Gasteiger partial charge in [-0.2, -0.15) is 0 Å². The van der Waals surface area contributed by atoms with E-state index in [-0.39, 0.29) is 11.3 Å². The van der Waals surface area contributed by atoms with E-state index in [9.17, 15) is 14.9 Å². The van der Waals surface area contributed by atoms with Crippen LogP contribution in [0.1, 0.15) is 21.5 Å². The van der Waals surface area contributed by atoms with Gasteiger partial charge in [0.2, 0.25) is 0 Å². The molecule has 0 N–H and O–H groups in total. The molecule has 2 aromatic rings. The van der Waals surface area contributed by atoms with Gasteiger partial charge in [0.25, 0.3) is 5.69 Å². The third-order valence-electron chi connectivity index (χ3n) is 3.13. The SMILES string of the molecule is COC(=O)c1cc(Sc2ccc(C)cc2C)ccc1[N+](=O)[O-]. The number of methoxy groups -OCH3 is 1. The highest BCUT2D eigenvalue weighted by molar-refractivity contribution is 7.99. The van der Waals surface area contributed by atoms with Crippen LogP contribution < -0.4 is 0 Å². The second-order valence-electron chi connectivity index (χ2n) is 4.80. The number of carbonyl (C=O) groups is 1. The van der Waals surface area contributed by atoms with Gasteiger partial charge in [0.15, 0.2) is 0 Å². The van der Waals surface area contributed by atoms with Crippen LogP contribution in [0.2, 0.25) is 0 Å². The lowest BCUT2D eigenvalue weighted by Gasteiger charge is -2.08. The monoisotopic (exact) mass is 317 g/mol. The fourth-order valence-electron chi connectivity index (χ4n) is 2.05. The van der Waals surface area contributed by atoms with Crippen LogP contribution in [0, 0.1) is 24.0 Å². The van der Waals surface area contributed by atoms with Gasteiger partial charge in [-0.25, -0.2) is 4.79 Å². The third-order valence-corrected chi connectivity index (χ3v) is 4.30. The second kappa shape index (κ2) is 6.62. The molecule has 0 saturated carbocycles. The number of rotatable bonds is 4. The molecule has 0 amide bonds. The van der Waals surface area contributed by atoms with Gasteiger partial charge in [-0.05, 0) is 37.6 Å². The number of ether oxygens (including phenoxy) is 1. The Morgan fingerprint density at radius 3 is 2.50 bits per heavy atom. The van der Waals surface area contributed by atoms with Gasteiger partial charge in [0.1, 0.15) is 5.56 Å². The van der Waals surface area contributed by atoms with Crippen molar-refractivity contribution in [3.63, 3.8) is 0 Å². The van der Waals surface area contributed by atoms with E-state index in [4.69, 9.17) is 0 Å². The minimum absolute atomic E-state index is 0.0396. The Balaban J connectivity index is 2.40. The molecule has 0 heterocycles. The molecule has 2 rings (SSSR count). The predicted molar refractivity (Wildman–Crippen MR) is 84.5 cm³/mol. The first-order chi connectivity index (χ1) is 10.4. The highest BCUT2D eigenvalue weighted by atomic mass is 32.2. The van der Waals surface area contributed by atoms with Crippen molar-refractivity contribution in [3.05, 3.63) is 63.2 Å². The summed E-state index contributed by atoms with van der Waals surface area (Å²) < 4.78 is 4.62. The molecule has 0 spiro atoms. The Morgan fingerprint density at radius 1 is 1.18 bits per heavy atom. The lowest BCUT2D eigenvalue weighted by Crippen LogP contribution is -2.05. The van der Waals surface area contributed by atoms with Gasteiger partial charge in [0.05, 0.1) is 12.0 Å². The third kappa shape index (κ3) is 3.46. The number of nitro groups is 1. The maximum atomic E-state index is 11.7. The minimum atomic E-state index is -0.713. The summed E-state index contributed by atoms with van der Waals surface area (Å²) >= 11 is 1.46. The summed E-state index contributed by atoms with van der Waals surface area (Å²) in [6, 6.07) is 10.5. The Kier molecular flexibility index (Phi) is 4.82. The summed E-state index contributed by atoms with van der Waals surface area (Å²) in [4.78, 5) is 23.9. The highest BCUT2D eigenvalue weighted by Gasteiger charge is 2.21. The van der Waals surface area contributed by atoms with Crippen molar-refractivity contribution in [1.29, 1.82) is 0 Å². The molecule has 22 heavy (non-hydrogen) atoms. The fraction of sp³-hybridized carbons (Fsp3) is 0.188. The van der Waals surface area contributed by atoms with Crippen LogP contribution in [0.5, 0.6) is 0 Å². The first-order valence-electron chi connectivity index (χ1n) is 6.54. The first-order valence-corrected chi connectivity index (χ1v) is 7.36. The number of esters is 1. The van der Waals surface area contributed by atoms with E-state index in [1.807, 2.05) is 26.0 Å². The number of nitro benzene ring substituents is 1. The summed E-state index contributed by atoms with van der Waals surface area (Å²) in [6.45, 7) is 4.02. The van der Waals surface area contributed by atoms with E-state index < -0.39 is 10.9 Å². The predicted octanol–water partition coefficient (Wildman–Crippen LogP) is 4.15. The standard InChI is InChI=1S/C16H15NO4S/c1-10-4-7-15(11(2)8-10)22-12-5-6-14(17(19)20)13(9-12)16(18)21-3/h4-9H,1-3H3. The number of aryl methyl sites for hydroxylation is 2. The summed E-state index contributed by atoms with van der Waals surface area (Å²) in [7, 11) is 1.20. The molecule has 5 nitrogen and oxygen atoms in total. The van der Waals surface area contributed by atoms with Crippen molar-refractivity contribution in [1.82, 2.24) is 0 Å². The molecule has 114 valence electrons. The summed E-state index contributed by atoms with van der Waals surface area (Å²) in [5.74, 6) is -0.713. The Bertz CT molecular complexity index is 743. The molecular weight excluding hydrogens is 302 g/mol. The van der Waals surface area contributed by atoms with Crippen molar-refractivity contribution in [2.45, 2.75) is 23.6 Å². The zero-order valence-corrected chi connectivity index (χ0v) is 13.3. The molecule has 0 radical (unpaired) electrons. The van der Waals surface area contributed by atoms with Crippen LogP contribution in [0.15, 0.2) is 46.2 Å². The normalized spacial score (nSPS) is 10.3. The molecule has 0 fully saturated rings.